The van der Waals surface area contributed by atoms with Crippen LogP contribution in [0.4, 0.5) is 13.8 Å². The van der Waals surface area contributed by atoms with Crippen LogP contribution in [0.5, 0.6) is 0 Å². The Bertz CT molecular complexity index is 447. The van der Waals surface area contributed by atoms with Crippen molar-refractivity contribution < 1.29 is 8.78 Å². The lowest BCUT2D eigenvalue weighted by Gasteiger charge is -1.96. The molecule has 1 aromatic carbocycles. The maximum absolute atomic E-state index is 12.8. The summed E-state index contributed by atoms with van der Waals surface area (Å²) in [6.07, 6.45) is 1.46. The Morgan fingerprint density at radius 1 is 1.14 bits per heavy atom. The van der Waals surface area contributed by atoms with E-state index in [1.165, 1.54) is 29.7 Å². The standard InChI is InChI=1S/C9H6F2N2S/c10-6-1-5(2-7(11)3-6)9-13-4-8(12)14-9/h1-4H,12H2. The van der Waals surface area contributed by atoms with Crippen LogP contribution in [0.2, 0.25) is 0 Å². The van der Waals surface area contributed by atoms with Gasteiger partial charge in [-0.05, 0) is 12.1 Å². The van der Waals surface area contributed by atoms with Crippen molar-refractivity contribution in [2.24, 2.45) is 0 Å². The molecule has 2 rings (SSSR count). The SMILES string of the molecule is Nc1cnc(-c2cc(F)cc(F)c2)s1. The van der Waals surface area contributed by atoms with E-state index >= 15 is 0 Å². The van der Waals surface area contributed by atoms with Crippen molar-refractivity contribution in [1.29, 1.82) is 0 Å². The molecule has 2 N–H and O–H groups in total. The second-order valence-electron chi connectivity index (χ2n) is 2.73. The quantitative estimate of drug-likeness (QED) is 0.789. The summed E-state index contributed by atoms with van der Waals surface area (Å²) in [6, 6.07) is 3.27. The summed E-state index contributed by atoms with van der Waals surface area (Å²) in [4.78, 5) is 3.93. The summed E-state index contributed by atoms with van der Waals surface area (Å²) in [5, 5.41) is 1.03. The van der Waals surface area contributed by atoms with Crippen LogP contribution in [0, 0.1) is 11.6 Å². The first-order valence-corrected chi connectivity index (χ1v) is 4.64. The minimum Gasteiger partial charge on any atom is -0.389 e. The van der Waals surface area contributed by atoms with E-state index in [2.05, 4.69) is 4.98 Å². The van der Waals surface area contributed by atoms with Crippen molar-refractivity contribution in [1.82, 2.24) is 4.98 Å². The van der Waals surface area contributed by atoms with Gasteiger partial charge in [-0.2, -0.15) is 0 Å². The third-order valence-corrected chi connectivity index (χ3v) is 2.51. The van der Waals surface area contributed by atoms with Crippen LogP contribution >= 0.6 is 11.3 Å². The van der Waals surface area contributed by atoms with Gasteiger partial charge in [0.2, 0.25) is 0 Å². The molecule has 0 bridgehead atoms. The Labute approximate surface area is 83.0 Å². The summed E-state index contributed by atoms with van der Waals surface area (Å²) in [7, 11) is 0. The van der Waals surface area contributed by atoms with E-state index in [4.69, 9.17) is 5.73 Å². The van der Waals surface area contributed by atoms with Crippen LogP contribution in [0.15, 0.2) is 24.4 Å². The largest absolute Gasteiger partial charge is 0.389 e. The summed E-state index contributed by atoms with van der Waals surface area (Å²) in [5.41, 5.74) is 5.87. The van der Waals surface area contributed by atoms with Crippen LogP contribution in [-0.2, 0) is 0 Å². The third-order valence-electron chi connectivity index (χ3n) is 1.63. The van der Waals surface area contributed by atoms with Gasteiger partial charge in [-0.15, -0.1) is 0 Å². The monoisotopic (exact) mass is 212 g/mol. The summed E-state index contributed by atoms with van der Waals surface area (Å²) in [5.74, 6) is -1.23. The normalized spacial score (nSPS) is 10.4. The lowest BCUT2D eigenvalue weighted by atomic mass is 10.2. The van der Waals surface area contributed by atoms with Crippen LogP contribution in [0.25, 0.3) is 10.6 Å². The predicted octanol–water partition coefficient (Wildman–Crippen LogP) is 2.67. The number of aromatic nitrogens is 1. The van der Waals surface area contributed by atoms with E-state index in [1.807, 2.05) is 0 Å². The number of halogens is 2. The van der Waals surface area contributed by atoms with Gasteiger partial charge in [0.1, 0.15) is 21.6 Å². The number of nitrogens with two attached hydrogens (primary N) is 1. The predicted molar refractivity (Wildman–Crippen MR) is 51.9 cm³/mol. The molecule has 0 atom stereocenters. The molecule has 0 aliphatic heterocycles. The molecule has 72 valence electrons. The molecule has 2 aromatic rings. The van der Waals surface area contributed by atoms with Crippen molar-refractivity contribution in [3.8, 4) is 10.6 Å². The smallest absolute Gasteiger partial charge is 0.126 e. The van der Waals surface area contributed by atoms with Gasteiger partial charge in [-0.25, -0.2) is 13.8 Å². The lowest BCUT2D eigenvalue weighted by Crippen LogP contribution is -1.82. The topological polar surface area (TPSA) is 38.9 Å². The second-order valence-corrected chi connectivity index (χ2v) is 3.79. The average Bonchev–Trinajstić information content (AvgIpc) is 2.50. The van der Waals surface area contributed by atoms with Gasteiger partial charge in [0.25, 0.3) is 0 Å². The van der Waals surface area contributed by atoms with Gasteiger partial charge in [-0.1, -0.05) is 11.3 Å². The number of rotatable bonds is 1. The molecule has 0 saturated carbocycles. The van der Waals surface area contributed by atoms with Crippen molar-refractivity contribution in [2.75, 3.05) is 5.73 Å². The number of hydrogen-bond acceptors (Lipinski definition) is 3. The van der Waals surface area contributed by atoms with Gasteiger partial charge in [0, 0.05) is 11.6 Å². The van der Waals surface area contributed by atoms with Gasteiger partial charge in [-0.3, -0.25) is 0 Å². The van der Waals surface area contributed by atoms with E-state index in [1.54, 1.807) is 0 Å². The molecule has 0 amide bonds. The molecule has 0 radical (unpaired) electrons. The number of benzene rings is 1. The fourth-order valence-corrected chi connectivity index (χ4v) is 1.77. The summed E-state index contributed by atoms with van der Waals surface area (Å²) < 4.78 is 25.7. The Morgan fingerprint density at radius 3 is 2.29 bits per heavy atom. The highest BCUT2D eigenvalue weighted by Gasteiger charge is 2.06. The Balaban J connectivity index is 2.51. The first-order valence-electron chi connectivity index (χ1n) is 3.83. The Morgan fingerprint density at radius 2 is 1.79 bits per heavy atom. The number of anilines is 1. The van der Waals surface area contributed by atoms with Gasteiger partial charge < -0.3 is 5.73 Å². The van der Waals surface area contributed by atoms with Crippen molar-refractivity contribution in [2.45, 2.75) is 0 Å². The first-order chi connectivity index (χ1) is 6.65. The molecule has 14 heavy (non-hydrogen) atoms. The molecule has 0 aliphatic rings. The van der Waals surface area contributed by atoms with Crippen LogP contribution in [0.3, 0.4) is 0 Å². The molecule has 0 unspecified atom stereocenters. The Kier molecular flexibility index (Phi) is 2.17. The average molecular weight is 212 g/mol. The van der Waals surface area contributed by atoms with Gasteiger partial charge >= 0.3 is 0 Å². The molecule has 2 nitrogen and oxygen atoms in total. The van der Waals surface area contributed by atoms with Crippen LogP contribution < -0.4 is 5.73 Å². The van der Waals surface area contributed by atoms with Gasteiger partial charge in [0.05, 0.1) is 6.20 Å². The maximum atomic E-state index is 12.8. The van der Waals surface area contributed by atoms with E-state index in [-0.39, 0.29) is 0 Å². The maximum Gasteiger partial charge on any atom is 0.126 e. The highest BCUT2D eigenvalue weighted by Crippen LogP contribution is 2.27. The molecular weight excluding hydrogens is 206 g/mol. The first kappa shape index (κ1) is 9.08. The molecule has 0 spiro atoms. The van der Waals surface area contributed by atoms with E-state index < -0.39 is 11.6 Å². The zero-order valence-corrected chi connectivity index (χ0v) is 7.81. The van der Waals surface area contributed by atoms with Gasteiger partial charge in [0.15, 0.2) is 0 Å². The number of hydrogen-bond donors (Lipinski definition) is 1. The van der Waals surface area contributed by atoms with Crippen molar-refractivity contribution >= 4 is 16.3 Å². The zero-order valence-electron chi connectivity index (χ0n) is 7.00. The molecular formula is C9H6F2N2S. The molecule has 0 aliphatic carbocycles. The van der Waals surface area contributed by atoms with Crippen molar-refractivity contribution in [3.63, 3.8) is 0 Å². The number of nitrogens with zero attached hydrogens (tertiary/aromatic N) is 1. The van der Waals surface area contributed by atoms with Crippen molar-refractivity contribution in [3.05, 3.63) is 36.0 Å². The van der Waals surface area contributed by atoms with Crippen LogP contribution in [0.1, 0.15) is 0 Å². The molecule has 1 aromatic heterocycles. The summed E-state index contributed by atoms with van der Waals surface area (Å²) >= 11 is 1.19. The molecule has 1 heterocycles. The second kappa shape index (κ2) is 3.34. The lowest BCUT2D eigenvalue weighted by molar-refractivity contribution is 0.584. The molecule has 0 fully saturated rings. The van der Waals surface area contributed by atoms with Crippen LogP contribution in [-0.4, -0.2) is 4.98 Å². The molecule has 0 saturated heterocycles. The Hall–Kier alpha value is -1.49. The highest BCUT2D eigenvalue weighted by atomic mass is 32.1. The fourth-order valence-electron chi connectivity index (χ4n) is 1.10. The number of nitrogen functional groups attached to an aromatic ring is 1. The molecule has 5 heteroatoms. The van der Waals surface area contributed by atoms with E-state index in [9.17, 15) is 8.78 Å². The van der Waals surface area contributed by atoms with E-state index in [0.717, 1.165) is 6.07 Å². The minimum absolute atomic E-state index is 0.407. The zero-order chi connectivity index (χ0) is 10.1. The van der Waals surface area contributed by atoms with E-state index in [0.29, 0.717) is 15.6 Å². The third kappa shape index (κ3) is 1.72. The fraction of sp³-hybridized carbons (Fsp3) is 0. The minimum atomic E-state index is -0.617. The summed E-state index contributed by atoms with van der Waals surface area (Å²) in [6.45, 7) is 0. The number of thiazole rings is 1. The highest BCUT2D eigenvalue weighted by molar-refractivity contribution is 7.18.